The Balaban J connectivity index is 1.88. The highest BCUT2D eigenvalue weighted by atomic mass is 35.5. The maximum atomic E-state index is 12.0. The number of carbonyl (C=O) groups is 1. The largest absolute Gasteiger partial charge is 0.300 e. The lowest BCUT2D eigenvalue weighted by molar-refractivity contribution is -0.115. The van der Waals surface area contributed by atoms with Gasteiger partial charge in [0.2, 0.25) is 0 Å². The summed E-state index contributed by atoms with van der Waals surface area (Å²) >= 11 is 13.4. The van der Waals surface area contributed by atoms with Gasteiger partial charge >= 0.3 is 0 Å². The predicted octanol–water partition coefficient (Wildman–Crippen LogP) is 4.89. The van der Waals surface area contributed by atoms with Crippen LogP contribution in [-0.4, -0.2) is 11.1 Å². The third kappa shape index (κ3) is 3.35. The molecule has 3 nitrogen and oxygen atoms in total. The molecule has 1 N–H and O–H groups in total. The number of amides is 1. The summed E-state index contributed by atoms with van der Waals surface area (Å²) in [6.45, 7) is 0. The molecule has 1 amide bonds. The average molecular weight is 349 g/mol. The summed E-state index contributed by atoms with van der Waals surface area (Å²) in [6, 6.07) is 14.6. The van der Waals surface area contributed by atoms with E-state index in [4.69, 9.17) is 23.2 Å². The fourth-order valence-electron chi connectivity index (χ4n) is 1.87. The van der Waals surface area contributed by atoms with E-state index >= 15 is 0 Å². The molecule has 0 aromatic heterocycles. The van der Waals surface area contributed by atoms with Crippen molar-refractivity contribution < 1.29 is 4.79 Å². The molecule has 0 atom stereocenters. The van der Waals surface area contributed by atoms with E-state index in [1.54, 1.807) is 24.3 Å². The molecule has 110 valence electrons. The number of thioether (sulfide) groups is 1. The Bertz CT molecular complexity index is 802. The van der Waals surface area contributed by atoms with Gasteiger partial charge in [-0.3, -0.25) is 4.79 Å². The molecule has 3 rings (SSSR count). The molecule has 2 aromatic carbocycles. The molecule has 0 radical (unpaired) electrons. The van der Waals surface area contributed by atoms with Crippen LogP contribution in [0.4, 0.5) is 5.69 Å². The second-order valence-corrected chi connectivity index (χ2v) is 6.30. The molecule has 1 aliphatic rings. The molecule has 1 saturated heterocycles. The van der Waals surface area contributed by atoms with E-state index in [-0.39, 0.29) is 5.91 Å². The lowest BCUT2D eigenvalue weighted by Gasteiger charge is -1.98. The number of carbonyl (C=O) groups excluding carboxylic acids is 1. The van der Waals surface area contributed by atoms with Gasteiger partial charge in [-0.25, -0.2) is 4.99 Å². The number of rotatable bonds is 2. The molecule has 0 saturated carbocycles. The Kier molecular flexibility index (Phi) is 4.52. The highest BCUT2D eigenvalue weighted by molar-refractivity contribution is 8.18. The molecular formula is C16H10Cl2N2OS. The fraction of sp³-hybridized carbons (Fsp3) is 0. The summed E-state index contributed by atoms with van der Waals surface area (Å²) in [7, 11) is 0. The first-order valence-electron chi connectivity index (χ1n) is 6.42. The molecule has 1 fully saturated rings. The third-order valence-electron chi connectivity index (χ3n) is 2.92. The number of benzene rings is 2. The van der Waals surface area contributed by atoms with E-state index in [1.807, 2.05) is 30.3 Å². The Morgan fingerprint density at radius 1 is 1.00 bits per heavy atom. The fourth-order valence-corrected chi connectivity index (χ4v) is 3.06. The summed E-state index contributed by atoms with van der Waals surface area (Å²) in [5.74, 6) is -0.198. The number of nitrogens with zero attached hydrogens (tertiary/aromatic N) is 1. The minimum atomic E-state index is -0.198. The van der Waals surface area contributed by atoms with Gasteiger partial charge in [0, 0.05) is 5.02 Å². The van der Waals surface area contributed by atoms with Crippen molar-refractivity contribution >= 4 is 57.8 Å². The molecule has 0 aliphatic carbocycles. The van der Waals surface area contributed by atoms with Gasteiger partial charge < -0.3 is 5.32 Å². The van der Waals surface area contributed by atoms with Crippen molar-refractivity contribution in [1.29, 1.82) is 0 Å². The molecule has 1 aliphatic heterocycles. The van der Waals surface area contributed by atoms with Crippen molar-refractivity contribution in [3.8, 4) is 0 Å². The van der Waals surface area contributed by atoms with E-state index in [9.17, 15) is 4.79 Å². The molecule has 2 aromatic rings. The van der Waals surface area contributed by atoms with Crippen molar-refractivity contribution in [2.75, 3.05) is 0 Å². The van der Waals surface area contributed by atoms with Crippen LogP contribution in [0.25, 0.3) is 6.08 Å². The smallest absolute Gasteiger partial charge is 0.264 e. The number of halogens is 2. The minimum absolute atomic E-state index is 0.198. The van der Waals surface area contributed by atoms with Crippen LogP contribution in [0.1, 0.15) is 5.56 Å². The second kappa shape index (κ2) is 6.57. The summed E-state index contributed by atoms with van der Waals surface area (Å²) in [5, 5.41) is 4.35. The lowest BCUT2D eigenvalue weighted by atomic mass is 10.2. The van der Waals surface area contributed by atoms with Gasteiger partial charge in [0.25, 0.3) is 5.91 Å². The lowest BCUT2D eigenvalue weighted by Crippen LogP contribution is -2.19. The maximum Gasteiger partial charge on any atom is 0.264 e. The molecule has 1 heterocycles. The first kappa shape index (κ1) is 15.2. The molecule has 0 bridgehead atoms. The average Bonchev–Trinajstić information content (AvgIpc) is 2.84. The molecule has 22 heavy (non-hydrogen) atoms. The highest BCUT2D eigenvalue weighted by Gasteiger charge is 2.24. The van der Waals surface area contributed by atoms with Crippen LogP contribution in [0, 0.1) is 0 Å². The molecule has 0 spiro atoms. The van der Waals surface area contributed by atoms with Gasteiger partial charge in [-0.1, -0.05) is 53.5 Å². The monoisotopic (exact) mass is 348 g/mol. The number of hydrogen-bond acceptors (Lipinski definition) is 3. The van der Waals surface area contributed by atoms with Gasteiger partial charge in [-0.15, -0.1) is 0 Å². The van der Waals surface area contributed by atoms with Crippen LogP contribution in [-0.2, 0) is 4.79 Å². The maximum absolute atomic E-state index is 12.0. The van der Waals surface area contributed by atoms with Crippen molar-refractivity contribution in [3.63, 3.8) is 0 Å². The zero-order valence-electron chi connectivity index (χ0n) is 11.2. The molecule has 0 unspecified atom stereocenters. The molecule has 6 heteroatoms. The minimum Gasteiger partial charge on any atom is -0.300 e. The topological polar surface area (TPSA) is 41.5 Å². The number of nitrogens with one attached hydrogen (secondary N) is 1. The van der Waals surface area contributed by atoms with E-state index in [2.05, 4.69) is 10.3 Å². The van der Waals surface area contributed by atoms with E-state index < -0.39 is 0 Å². The number of hydrogen-bond donors (Lipinski definition) is 1. The predicted molar refractivity (Wildman–Crippen MR) is 93.7 cm³/mol. The summed E-state index contributed by atoms with van der Waals surface area (Å²) in [6.07, 6.45) is 1.75. The SMILES string of the molecule is O=C1NC(=Nc2ccccc2Cl)S/C1=C\c1ccccc1Cl. The van der Waals surface area contributed by atoms with E-state index in [1.165, 1.54) is 11.8 Å². The van der Waals surface area contributed by atoms with Crippen molar-refractivity contribution in [2.45, 2.75) is 0 Å². The van der Waals surface area contributed by atoms with Crippen LogP contribution < -0.4 is 5.32 Å². The van der Waals surface area contributed by atoms with Crippen LogP contribution in [0.5, 0.6) is 0 Å². The zero-order chi connectivity index (χ0) is 15.5. The Hall–Kier alpha value is -1.75. The van der Waals surface area contributed by atoms with Crippen LogP contribution in [0.3, 0.4) is 0 Å². The first-order chi connectivity index (χ1) is 10.6. The highest BCUT2D eigenvalue weighted by Crippen LogP contribution is 2.31. The zero-order valence-corrected chi connectivity index (χ0v) is 13.5. The third-order valence-corrected chi connectivity index (χ3v) is 4.49. The Labute approximate surface area is 142 Å². The van der Waals surface area contributed by atoms with Gasteiger partial charge in [-0.2, -0.15) is 0 Å². The van der Waals surface area contributed by atoms with Crippen LogP contribution in [0.2, 0.25) is 10.0 Å². The normalized spacial score (nSPS) is 18.0. The van der Waals surface area contributed by atoms with Gasteiger partial charge in [0.05, 0.1) is 15.6 Å². The summed E-state index contributed by atoms with van der Waals surface area (Å²) in [4.78, 5) is 16.9. The van der Waals surface area contributed by atoms with Gasteiger partial charge in [0.1, 0.15) is 0 Å². The second-order valence-electron chi connectivity index (χ2n) is 4.45. The van der Waals surface area contributed by atoms with Crippen molar-refractivity contribution in [3.05, 3.63) is 69.0 Å². The Morgan fingerprint density at radius 3 is 2.41 bits per heavy atom. The van der Waals surface area contributed by atoms with Crippen molar-refractivity contribution in [1.82, 2.24) is 5.32 Å². The standard InChI is InChI=1S/C16H10Cl2N2OS/c17-11-6-2-1-5-10(11)9-14-15(21)20-16(22-14)19-13-8-4-3-7-12(13)18/h1-9H,(H,19,20,21)/b14-9-. The quantitative estimate of drug-likeness (QED) is 0.785. The summed E-state index contributed by atoms with van der Waals surface area (Å²) < 4.78 is 0. The first-order valence-corrected chi connectivity index (χ1v) is 7.99. The van der Waals surface area contributed by atoms with E-state index in [0.717, 1.165) is 5.56 Å². The van der Waals surface area contributed by atoms with Crippen molar-refractivity contribution in [2.24, 2.45) is 4.99 Å². The van der Waals surface area contributed by atoms with Gasteiger partial charge in [-0.05, 0) is 41.6 Å². The van der Waals surface area contributed by atoms with Crippen LogP contribution in [0.15, 0.2) is 58.4 Å². The van der Waals surface area contributed by atoms with E-state index in [0.29, 0.717) is 25.8 Å². The number of aliphatic imine (C=N–C) groups is 1. The molecular weight excluding hydrogens is 339 g/mol. The summed E-state index contributed by atoms with van der Waals surface area (Å²) in [5.41, 5.74) is 1.41. The number of para-hydroxylation sites is 1. The van der Waals surface area contributed by atoms with Crippen LogP contribution >= 0.6 is 35.0 Å². The Morgan fingerprint density at radius 2 is 1.68 bits per heavy atom. The van der Waals surface area contributed by atoms with Gasteiger partial charge in [0.15, 0.2) is 5.17 Å². The number of amidine groups is 1.